The molecule has 0 aromatic rings. The minimum Gasteiger partial charge on any atom is -0.317 e. The van der Waals surface area contributed by atoms with E-state index in [1.54, 1.807) is 0 Å². The lowest BCUT2D eigenvalue weighted by molar-refractivity contribution is 0.0793. The Kier molecular flexibility index (Phi) is 2.56. The summed E-state index contributed by atoms with van der Waals surface area (Å²) in [5.41, 5.74) is 0.431. The van der Waals surface area contributed by atoms with Crippen molar-refractivity contribution in [1.29, 1.82) is 0 Å². The van der Waals surface area contributed by atoms with Crippen LogP contribution in [-0.2, 0) is 0 Å². The van der Waals surface area contributed by atoms with Crippen molar-refractivity contribution in [2.24, 2.45) is 23.7 Å². The van der Waals surface area contributed by atoms with Crippen molar-refractivity contribution < 1.29 is 0 Å². The summed E-state index contributed by atoms with van der Waals surface area (Å²) in [6.45, 7) is 2.42. The van der Waals surface area contributed by atoms with Crippen LogP contribution < -0.4 is 10.6 Å². The second-order valence-corrected chi connectivity index (χ2v) is 6.67. The molecule has 3 aliphatic rings. The summed E-state index contributed by atoms with van der Waals surface area (Å²) in [4.78, 5) is 0. The van der Waals surface area contributed by atoms with Crippen molar-refractivity contribution in [2.75, 3.05) is 14.1 Å². The maximum Gasteiger partial charge on any atom is 0.0153 e. The fourth-order valence-electron chi connectivity index (χ4n) is 5.01. The van der Waals surface area contributed by atoms with Gasteiger partial charge in [0.25, 0.3) is 0 Å². The predicted molar refractivity (Wildman–Crippen MR) is 67.4 cm³/mol. The fourth-order valence-corrected chi connectivity index (χ4v) is 5.01. The average molecular weight is 222 g/mol. The number of hydrogen-bond donors (Lipinski definition) is 2. The van der Waals surface area contributed by atoms with Crippen LogP contribution in [0.3, 0.4) is 0 Å². The van der Waals surface area contributed by atoms with Crippen LogP contribution in [0.2, 0.25) is 0 Å². The van der Waals surface area contributed by atoms with Crippen molar-refractivity contribution in [2.45, 2.75) is 50.6 Å². The molecule has 0 aromatic heterocycles. The third-order valence-corrected chi connectivity index (χ3v) is 6.04. The summed E-state index contributed by atoms with van der Waals surface area (Å²) in [6, 6.07) is 0.838. The first-order chi connectivity index (χ1) is 7.67. The van der Waals surface area contributed by atoms with Crippen molar-refractivity contribution in [3.63, 3.8) is 0 Å². The van der Waals surface area contributed by atoms with E-state index >= 15 is 0 Å². The van der Waals surface area contributed by atoms with Crippen LogP contribution >= 0.6 is 0 Å². The summed E-state index contributed by atoms with van der Waals surface area (Å²) >= 11 is 0. The van der Waals surface area contributed by atoms with E-state index in [2.05, 4.69) is 31.7 Å². The van der Waals surface area contributed by atoms with Crippen molar-refractivity contribution in [1.82, 2.24) is 10.6 Å². The molecule has 6 unspecified atom stereocenters. The van der Waals surface area contributed by atoms with Gasteiger partial charge in [0.15, 0.2) is 0 Å². The van der Waals surface area contributed by atoms with Gasteiger partial charge in [0.2, 0.25) is 0 Å². The predicted octanol–water partition coefficient (Wildman–Crippen LogP) is 2.01. The largest absolute Gasteiger partial charge is 0.317 e. The summed E-state index contributed by atoms with van der Waals surface area (Å²) in [5.74, 6) is 4.10. The summed E-state index contributed by atoms with van der Waals surface area (Å²) < 4.78 is 0. The average Bonchev–Trinajstić information content (AvgIpc) is 2.86. The van der Waals surface area contributed by atoms with E-state index in [-0.39, 0.29) is 0 Å². The zero-order valence-corrected chi connectivity index (χ0v) is 10.9. The lowest BCUT2D eigenvalue weighted by atomic mass is 9.64. The first-order valence-electron chi connectivity index (χ1n) is 7.03. The zero-order chi connectivity index (χ0) is 11.3. The van der Waals surface area contributed by atoms with Crippen LogP contribution in [0.4, 0.5) is 0 Å². The lowest BCUT2D eigenvalue weighted by Crippen LogP contribution is -2.50. The molecule has 6 atom stereocenters. The van der Waals surface area contributed by atoms with Gasteiger partial charge in [-0.1, -0.05) is 0 Å². The Labute approximate surface area is 99.6 Å². The molecule has 0 radical (unpaired) electrons. The van der Waals surface area contributed by atoms with Crippen LogP contribution in [0.1, 0.15) is 39.0 Å². The van der Waals surface area contributed by atoms with Crippen LogP contribution in [0.15, 0.2) is 0 Å². The Morgan fingerprint density at radius 3 is 2.56 bits per heavy atom. The maximum atomic E-state index is 3.56. The smallest absolute Gasteiger partial charge is 0.0153 e. The molecule has 2 bridgehead atoms. The number of fused-ring (bicyclic) bond motifs is 5. The highest BCUT2D eigenvalue weighted by Crippen LogP contribution is 2.58. The van der Waals surface area contributed by atoms with Crippen LogP contribution in [0, 0.1) is 23.7 Å². The van der Waals surface area contributed by atoms with Crippen LogP contribution in [0.5, 0.6) is 0 Å². The van der Waals surface area contributed by atoms with E-state index in [9.17, 15) is 0 Å². The molecule has 2 heteroatoms. The van der Waals surface area contributed by atoms with Crippen LogP contribution in [0.25, 0.3) is 0 Å². The highest BCUT2D eigenvalue weighted by molar-refractivity contribution is 5.08. The lowest BCUT2D eigenvalue weighted by Gasteiger charge is -2.46. The molecule has 0 amide bonds. The quantitative estimate of drug-likeness (QED) is 0.747. The summed E-state index contributed by atoms with van der Waals surface area (Å²) in [6.07, 6.45) is 7.22. The molecule has 92 valence electrons. The minimum absolute atomic E-state index is 0.431. The Balaban J connectivity index is 1.75. The van der Waals surface area contributed by atoms with Gasteiger partial charge in [-0.2, -0.15) is 0 Å². The van der Waals surface area contributed by atoms with Crippen molar-refractivity contribution in [3.8, 4) is 0 Å². The summed E-state index contributed by atoms with van der Waals surface area (Å²) in [7, 11) is 4.30. The van der Waals surface area contributed by atoms with Gasteiger partial charge in [0, 0.05) is 11.6 Å². The van der Waals surface area contributed by atoms with E-state index in [0.717, 1.165) is 29.7 Å². The summed E-state index contributed by atoms with van der Waals surface area (Å²) in [5, 5.41) is 7.11. The molecule has 16 heavy (non-hydrogen) atoms. The highest BCUT2D eigenvalue weighted by atomic mass is 15.0. The molecule has 0 spiro atoms. The van der Waals surface area contributed by atoms with Gasteiger partial charge in [-0.3, -0.25) is 0 Å². The van der Waals surface area contributed by atoms with Gasteiger partial charge in [-0.05, 0) is 76.8 Å². The van der Waals surface area contributed by atoms with Crippen LogP contribution in [-0.4, -0.2) is 25.7 Å². The van der Waals surface area contributed by atoms with E-state index in [0.29, 0.717) is 5.54 Å². The molecule has 3 aliphatic carbocycles. The van der Waals surface area contributed by atoms with Crippen molar-refractivity contribution in [3.05, 3.63) is 0 Å². The molecule has 2 nitrogen and oxygen atoms in total. The Hall–Kier alpha value is -0.0800. The molecule has 0 aromatic carbocycles. The fraction of sp³-hybridized carbons (Fsp3) is 1.00. The van der Waals surface area contributed by atoms with Gasteiger partial charge in [0.05, 0.1) is 0 Å². The Morgan fingerprint density at radius 2 is 1.88 bits per heavy atom. The molecular weight excluding hydrogens is 196 g/mol. The molecule has 3 fully saturated rings. The first kappa shape index (κ1) is 11.0. The second kappa shape index (κ2) is 3.71. The molecule has 2 N–H and O–H groups in total. The second-order valence-electron chi connectivity index (χ2n) is 6.67. The van der Waals surface area contributed by atoms with Gasteiger partial charge in [0.1, 0.15) is 0 Å². The zero-order valence-electron chi connectivity index (χ0n) is 10.9. The molecule has 3 saturated carbocycles. The SMILES string of the molecule is CNC1CC2CC1C1CCC(C)(NC)CC21. The molecule has 0 saturated heterocycles. The highest BCUT2D eigenvalue weighted by Gasteiger charge is 2.55. The van der Waals surface area contributed by atoms with Gasteiger partial charge >= 0.3 is 0 Å². The normalized spacial score (nSPS) is 55.3. The molecule has 0 heterocycles. The number of rotatable bonds is 2. The monoisotopic (exact) mass is 222 g/mol. The first-order valence-corrected chi connectivity index (χ1v) is 7.03. The number of hydrogen-bond acceptors (Lipinski definition) is 2. The molecular formula is C14H26N2. The Morgan fingerprint density at radius 1 is 1.06 bits per heavy atom. The Bertz CT molecular complexity index is 278. The third kappa shape index (κ3) is 1.46. The van der Waals surface area contributed by atoms with Gasteiger partial charge < -0.3 is 10.6 Å². The van der Waals surface area contributed by atoms with Gasteiger partial charge in [-0.15, -0.1) is 0 Å². The maximum absolute atomic E-state index is 3.56. The number of nitrogens with one attached hydrogen (secondary N) is 2. The van der Waals surface area contributed by atoms with E-state index in [1.165, 1.54) is 32.1 Å². The van der Waals surface area contributed by atoms with E-state index in [1.807, 2.05) is 0 Å². The molecule has 3 rings (SSSR count). The van der Waals surface area contributed by atoms with Gasteiger partial charge in [-0.25, -0.2) is 0 Å². The molecule has 0 aliphatic heterocycles. The van der Waals surface area contributed by atoms with E-state index in [4.69, 9.17) is 0 Å². The topological polar surface area (TPSA) is 24.1 Å². The standard InChI is InChI=1S/C14H26N2/c1-14(16-3)5-4-10-11-6-9(12(10)8-14)7-13(11)15-2/h9-13,15-16H,4-8H2,1-3H3. The van der Waals surface area contributed by atoms with E-state index < -0.39 is 0 Å². The third-order valence-electron chi connectivity index (χ3n) is 6.04. The van der Waals surface area contributed by atoms with Crippen molar-refractivity contribution >= 4 is 0 Å². The minimum atomic E-state index is 0.431.